The number of unbranched alkanes of at least 4 members (excludes halogenated alkanes) is 12. The van der Waals surface area contributed by atoms with Crippen LogP contribution < -0.4 is 0 Å². The van der Waals surface area contributed by atoms with E-state index in [4.69, 9.17) is 28.4 Å². The second-order valence-corrected chi connectivity index (χ2v) is 19.1. The summed E-state index contributed by atoms with van der Waals surface area (Å²) < 4.78 is 38.8. The first-order valence-corrected chi connectivity index (χ1v) is 22.7. The number of fused-ring (bicyclic) bond motifs is 2. The Labute approximate surface area is 347 Å². The molecule has 58 heavy (non-hydrogen) atoms. The van der Waals surface area contributed by atoms with Crippen LogP contribution in [0.3, 0.4) is 0 Å². The number of methoxy groups -OCH3 is 4. The minimum atomic E-state index is -1.77. The predicted octanol–water partition coefficient (Wildman–Crippen LogP) is 6.75. The number of ether oxygens (including phenoxy) is 6. The average molecular weight is 812 g/mol. The lowest BCUT2D eigenvalue weighted by Gasteiger charge is -2.69. The van der Waals surface area contributed by atoms with Gasteiger partial charge in [0.1, 0.15) is 23.9 Å². The number of carbonyl (C=O) groups excluding carboxylic acids is 2. The molecule has 1 saturated heterocycles. The zero-order valence-electron chi connectivity index (χ0n) is 36.2. The van der Waals surface area contributed by atoms with Gasteiger partial charge in [-0.05, 0) is 50.8 Å². The van der Waals surface area contributed by atoms with Crippen LogP contribution in [0.2, 0.25) is 0 Å². The molecule has 7 bridgehead atoms. The largest absolute Gasteiger partial charge is 0.455 e. The Morgan fingerprint density at radius 2 is 1.47 bits per heavy atom. The SMILES string of the molecule is CCCCCCCCCCCCCCCC(=O)O[C@]12[C@H]3[C@@H](OC(=O)c4ccccc4)[C@](O)(C[C@H]3[C@@]34[C@@H](OC)CC[C@@]5(COC)CN(C)[C@@H]3[C@@H]1[C@H](OC)[C@H]54)[C@@H](OC)[C@H]2O. The molecule has 1 spiro atoms. The lowest BCUT2D eigenvalue weighted by Crippen LogP contribution is -2.80. The number of rotatable bonds is 22. The van der Waals surface area contributed by atoms with Gasteiger partial charge < -0.3 is 43.5 Å². The third kappa shape index (κ3) is 6.89. The summed E-state index contributed by atoms with van der Waals surface area (Å²) in [6, 6.07) is 8.53. The number of hydrogen-bond acceptors (Lipinski definition) is 11. The molecule has 2 N–H and O–H groups in total. The van der Waals surface area contributed by atoms with Crippen LogP contribution in [0, 0.1) is 34.5 Å². The number of esters is 2. The number of aliphatic hydroxyl groups is 2. The molecule has 0 unspecified atom stereocenters. The van der Waals surface area contributed by atoms with Gasteiger partial charge in [-0.25, -0.2) is 4.79 Å². The Balaban J connectivity index is 1.20. The molecule has 1 aliphatic heterocycles. The monoisotopic (exact) mass is 812 g/mol. The molecule has 11 heteroatoms. The molecule has 1 aromatic rings. The summed E-state index contributed by atoms with van der Waals surface area (Å²) in [5.74, 6) is -2.78. The highest BCUT2D eigenvalue weighted by Gasteiger charge is 2.91. The fourth-order valence-corrected chi connectivity index (χ4v) is 14.5. The molecule has 7 rings (SSSR count). The summed E-state index contributed by atoms with van der Waals surface area (Å²) in [5.41, 5.74) is -3.96. The maximum atomic E-state index is 14.5. The minimum absolute atomic E-state index is 0.108. The molecule has 11 nitrogen and oxygen atoms in total. The van der Waals surface area contributed by atoms with Crippen molar-refractivity contribution in [2.24, 2.45) is 34.5 Å². The molecule has 1 heterocycles. The second-order valence-electron chi connectivity index (χ2n) is 19.1. The van der Waals surface area contributed by atoms with E-state index >= 15 is 0 Å². The lowest BCUT2D eigenvalue weighted by molar-refractivity contribution is -0.317. The molecule has 6 fully saturated rings. The van der Waals surface area contributed by atoms with Gasteiger partial charge in [-0.3, -0.25) is 4.79 Å². The Bertz CT molecular complexity index is 1550. The van der Waals surface area contributed by atoms with Crippen molar-refractivity contribution < 1.29 is 48.2 Å². The minimum Gasteiger partial charge on any atom is -0.455 e. The molecule has 0 amide bonds. The van der Waals surface area contributed by atoms with Gasteiger partial charge in [0.15, 0.2) is 5.60 Å². The van der Waals surface area contributed by atoms with Crippen LogP contribution in [0.25, 0.3) is 0 Å². The fourth-order valence-electron chi connectivity index (χ4n) is 14.5. The smallest absolute Gasteiger partial charge is 0.338 e. The van der Waals surface area contributed by atoms with Crippen molar-refractivity contribution in [3.8, 4) is 0 Å². The second kappa shape index (κ2) is 18.1. The van der Waals surface area contributed by atoms with Crippen molar-refractivity contribution in [1.29, 1.82) is 0 Å². The molecule has 6 aliphatic rings. The van der Waals surface area contributed by atoms with Crippen molar-refractivity contribution in [2.45, 2.75) is 164 Å². The molecule has 0 aromatic heterocycles. The molecule has 0 radical (unpaired) electrons. The number of benzene rings is 1. The first-order chi connectivity index (χ1) is 28.1. The summed E-state index contributed by atoms with van der Waals surface area (Å²) in [6.45, 7) is 3.50. The molecule has 5 saturated carbocycles. The summed E-state index contributed by atoms with van der Waals surface area (Å²) in [6.07, 6.45) is 13.1. The quantitative estimate of drug-likeness (QED) is 0.0953. The van der Waals surface area contributed by atoms with Gasteiger partial charge in [0.05, 0.1) is 24.4 Å². The zero-order chi connectivity index (χ0) is 41.3. The maximum Gasteiger partial charge on any atom is 0.338 e. The van der Waals surface area contributed by atoms with Gasteiger partial charge in [-0.1, -0.05) is 102 Å². The van der Waals surface area contributed by atoms with E-state index in [1.807, 2.05) is 6.07 Å². The van der Waals surface area contributed by atoms with Crippen LogP contribution >= 0.6 is 0 Å². The predicted molar refractivity (Wildman–Crippen MR) is 219 cm³/mol. The number of hydrogen-bond donors (Lipinski definition) is 2. The number of nitrogens with zero attached hydrogens (tertiary/aromatic N) is 1. The van der Waals surface area contributed by atoms with Crippen LogP contribution in [0.1, 0.15) is 126 Å². The Kier molecular flexibility index (Phi) is 13.7. The summed E-state index contributed by atoms with van der Waals surface area (Å²) in [5, 5.41) is 25.9. The van der Waals surface area contributed by atoms with Gasteiger partial charge in [0.2, 0.25) is 0 Å². The van der Waals surface area contributed by atoms with Gasteiger partial charge in [0, 0.05) is 76.0 Å². The molecule has 5 aliphatic carbocycles. The number of likely N-dealkylation sites (tertiary alicyclic amines) is 1. The van der Waals surface area contributed by atoms with E-state index in [2.05, 4.69) is 18.9 Å². The molecule has 1 aromatic carbocycles. The van der Waals surface area contributed by atoms with Crippen LogP contribution in [-0.2, 0) is 33.2 Å². The van der Waals surface area contributed by atoms with Crippen molar-refractivity contribution in [1.82, 2.24) is 4.90 Å². The standard InChI is InChI=1S/C47H73NO10/c1-7-8-9-10-11-12-13-14-15-16-17-18-22-25-34(49)58-47-35-32(28-45(52,42(56-6)40(47)50)41(35)57-43(51)31-23-20-19-21-24-31)46-33(54-4)26-27-44(30-53-3)29-48(2)39(46)36(47)37(55-5)38(44)46/h19-21,23-24,32-33,35-42,50,52H,7-18,22,25-30H2,1-6H3/t32-,33+,35-,36+,37+,38-,39-,40-,41-,42+,44+,45-,46+,47-/m1/s1. The Morgan fingerprint density at radius 1 is 0.828 bits per heavy atom. The third-order valence-corrected chi connectivity index (χ3v) is 16.2. The topological polar surface area (TPSA) is 133 Å². The van der Waals surface area contributed by atoms with Gasteiger partial charge >= 0.3 is 11.9 Å². The van der Waals surface area contributed by atoms with Crippen molar-refractivity contribution in [3.05, 3.63) is 35.9 Å². The highest BCUT2D eigenvalue weighted by Crippen LogP contribution is 2.80. The van der Waals surface area contributed by atoms with E-state index in [0.717, 1.165) is 38.6 Å². The van der Waals surface area contributed by atoms with Gasteiger partial charge in [-0.15, -0.1) is 0 Å². The van der Waals surface area contributed by atoms with E-state index in [1.165, 1.54) is 64.9 Å². The third-order valence-electron chi connectivity index (χ3n) is 16.2. The first kappa shape index (κ1) is 44.0. The number of aliphatic hydroxyl groups excluding tert-OH is 1. The molecular formula is C47H73NO10. The normalized spacial score (nSPS) is 40.8. The number of piperidine rings is 1. The highest BCUT2D eigenvalue weighted by atomic mass is 16.6. The van der Waals surface area contributed by atoms with E-state index in [-0.39, 0.29) is 42.2 Å². The van der Waals surface area contributed by atoms with E-state index < -0.39 is 64.8 Å². The first-order valence-electron chi connectivity index (χ1n) is 22.7. The molecule has 14 atom stereocenters. The maximum absolute atomic E-state index is 14.5. The van der Waals surface area contributed by atoms with E-state index in [9.17, 15) is 19.8 Å². The van der Waals surface area contributed by atoms with Crippen molar-refractivity contribution in [3.63, 3.8) is 0 Å². The van der Waals surface area contributed by atoms with Crippen LogP contribution in [-0.4, -0.2) is 123 Å². The Hall–Kier alpha value is -2.12. The van der Waals surface area contributed by atoms with Crippen molar-refractivity contribution in [2.75, 3.05) is 48.6 Å². The van der Waals surface area contributed by atoms with Crippen molar-refractivity contribution >= 4 is 11.9 Å². The molecule has 326 valence electrons. The fraction of sp³-hybridized carbons (Fsp3) is 0.830. The van der Waals surface area contributed by atoms with E-state index in [1.54, 1.807) is 45.6 Å². The zero-order valence-corrected chi connectivity index (χ0v) is 36.2. The molecular weight excluding hydrogens is 739 g/mol. The average Bonchev–Trinajstić information content (AvgIpc) is 3.61. The lowest BCUT2D eigenvalue weighted by atomic mass is 9.43. The van der Waals surface area contributed by atoms with Gasteiger partial charge in [0.25, 0.3) is 0 Å². The van der Waals surface area contributed by atoms with Crippen LogP contribution in [0.15, 0.2) is 30.3 Å². The summed E-state index contributed by atoms with van der Waals surface area (Å²) in [4.78, 5) is 30.9. The van der Waals surface area contributed by atoms with Crippen LogP contribution in [0.5, 0.6) is 0 Å². The summed E-state index contributed by atoms with van der Waals surface area (Å²) in [7, 11) is 8.81. The number of carbonyl (C=O) groups is 2. The highest BCUT2D eigenvalue weighted by molar-refractivity contribution is 5.89. The summed E-state index contributed by atoms with van der Waals surface area (Å²) >= 11 is 0. The van der Waals surface area contributed by atoms with Gasteiger partial charge in [-0.2, -0.15) is 0 Å². The van der Waals surface area contributed by atoms with E-state index in [0.29, 0.717) is 18.6 Å². The van der Waals surface area contributed by atoms with Crippen LogP contribution in [0.4, 0.5) is 0 Å². The Morgan fingerprint density at radius 3 is 2.05 bits per heavy atom.